The predicted molar refractivity (Wildman–Crippen MR) is 52.4 cm³/mol. The minimum Gasteiger partial charge on any atom is -0.481 e. The average molecular weight is 229 g/mol. The number of imidazole rings is 1. The fourth-order valence-corrected chi connectivity index (χ4v) is 1.54. The van der Waals surface area contributed by atoms with Gasteiger partial charge in [0.2, 0.25) is 5.28 Å². The van der Waals surface area contributed by atoms with Gasteiger partial charge in [-0.1, -0.05) is 6.07 Å². The predicted octanol–water partition coefficient (Wildman–Crippen LogP) is 1.98. The van der Waals surface area contributed by atoms with E-state index in [1.165, 1.54) is 6.07 Å². The second-order valence-corrected chi connectivity index (χ2v) is 3.39. The lowest BCUT2D eigenvalue weighted by atomic mass is 10.1. The molecule has 0 unspecified atom stereocenters. The molecule has 0 amide bonds. The Morgan fingerprint density at radius 3 is 3.00 bits per heavy atom. The number of fused-ring (bicyclic) bond motifs is 1. The van der Waals surface area contributed by atoms with Gasteiger partial charge in [0.05, 0.1) is 11.9 Å². The summed E-state index contributed by atoms with van der Waals surface area (Å²) in [5.41, 5.74) is 0.614. The van der Waals surface area contributed by atoms with Crippen LogP contribution in [0.3, 0.4) is 0 Å². The van der Waals surface area contributed by atoms with Gasteiger partial charge in [-0.15, -0.1) is 0 Å². The highest BCUT2D eigenvalue weighted by molar-refractivity contribution is 6.29. The number of rotatable bonds is 2. The van der Waals surface area contributed by atoms with Crippen molar-refractivity contribution in [3.63, 3.8) is 0 Å². The van der Waals surface area contributed by atoms with E-state index in [4.69, 9.17) is 16.7 Å². The van der Waals surface area contributed by atoms with Crippen LogP contribution in [0.25, 0.3) is 11.0 Å². The lowest BCUT2D eigenvalue weighted by molar-refractivity contribution is -0.136. The highest BCUT2D eigenvalue weighted by Gasteiger charge is 2.13. The number of hydrogen-bond acceptors (Lipinski definition) is 2. The first-order valence-electron chi connectivity index (χ1n) is 4.12. The molecule has 0 aliphatic heterocycles. The minimum atomic E-state index is -1.09. The zero-order chi connectivity index (χ0) is 11.0. The van der Waals surface area contributed by atoms with Gasteiger partial charge in [-0.25, -0.2) is 9.37 Å². The normalized spacial score (nSPS) is 10.8. The zero-order valence-electron chi connectivity index (χ0n) is 7.42. The summed E-state index contributed by atoms with van der Waals surface area (Å²) in [6, 6.07) is 2.95. The maximum Gasteiger partial charge on any atom is 0.307 e. The van der Waals surface area contributed by atoms with Gasteiger partial charge in [-0.2, -0.15) is 0 Å². The van der Waals surface area contributed by atoms with Crippen LogP contribution < -0.4 is 0 Å². The Balaban J connectivity index is 2.58. The van der Waals surface area contributed by atoms with E-state index in [2.05, 4.69) is 9.97 Å². The molecular formula is C9H6ClFN2O2. The number of aromatic amines is 1. The molecule has 0 fully saturated rings. The van der Waals surface area contributed by atoms with Crippen molar-refractivity contribution >= 4 is 28.6 Å². The summed E-state index contributed by atoms with van der Waals surface area (Å²) in [5.74, 6) is -1.73. The third-order valence-corrected chi connectivity index (χ3v) is 2.16. The Hall–Kier alpha value is -1.62. The fraction of sp³-hybridized carbons (Fsp3) is 0.111. The number of H-pyrrole nitrogens is 1. The van der Waals surface area contributed by atoms with Gasteiger partial charge in [0, 0.05) is 5.56 Å². The van der Waals surface area contributed by atoms with Crippen LogP contribution in [0.1, 0.15) is 5.56 Å². The Bertz CT molecular complexity index is 538. The van der Waals surface area contributed by atoms with Gasteiger partial charge in [0.15, 0.2) is 5.82 Å². The van der Waals surface area contributed by atoms with Gasteiger partial charge in [0.25, 0.3) is 0 Å². The smallest absolute Gasteiger partial charge is 0.307 e. The van der Waals surface area contributed by atoms with Crippen LogP contribution in [-0.4, -0.2) is 21.0 Å². The van der Waals surface area contributed by atoms with Crippen molar-refractivity contribution in [2.45, 2.75) is 6.42 Å². The van der Waals surface area contributed by atoms with Crippen LogP contribution in [0.2, 0.25) is 5.28 Å². The third-order valence-electron chi connectivity index (χ3n) is 1.99. The highest BCUT2D eigenvalue weighted by Crippen LogP contribution is 2.21. The number of carbonyl (C=O) groups is 1. The van der Waals surface area contributed by atoms with E-state index in [1.807, 2.05) is 0 Å². The number of hydrogen-bond donors (Lipinski definition) is 2. The molecule has 0 aliphatic carbocycles. The molecule has 0 aliphatic rings. The minimum absolute atomic E-state index is 0.0683. The van der Waals surface area contributed by atoms with Gasteiger partial charge in [0.1, 0.15) is 5.52 Å². The highest BCUT2D eigenvalue weighted by atomic mass is 35.5. The summed E-state index contributed by atoms with van der Waals surface area (Å²) in [6.45, 7) is 0. The second kappa shape index (κ2) is 3.51. The first-order valence-corrected chi connectivity index (χ1v) is 4.50. The largest absolute Gasteiger partial charge is 0.481 e. The molecule has 15 heavy (non-hydrogen) atoms. The third kappa shape index (κ3) is 1.78. The topological polar surface area (TPSA) is 66.0 Å². The van der Waals surface area contributed by atoms with Crippen LogP contribution in [0, 0.1) is 5.82 Å². The number of carboxylic acids is 1. The summed E-state index contributed by atoms with van der Waals surface area (Å²) in [4.78, 5) is 16.8. The Morgan fingerprint density at radius 2 is 2.33 bits per heavy atom. The van der Waals surface area contributed by atoms with E-state index in [1.54, 1.807) is 6.07 Å². The second-order valence-electron chi connectivity index (χ2n) is 3.03. The summed E-state index contributed by atoms with van der Waals surface area (Å²) in [7, 11) is 0. The van der Waals surface area contributed by atoms with Gasteiger partial charge < -0.3 is 10.1 Å². The van der Waals surface area contributed by atoms with Crippen molar-refractivity contribution in [2.24, 2.45) is 0 Å². The Morgan fingerprint density at radius 1 is 1.60 bits per heavy atom. The molecule has 2 N–H and O–H groups in total. The molecule has 4 nitrogen and oxygen atoms in total. The maximum atomic E-state index is 13.6. The Kier molecular flexibility index (Phi) is 2.32. The molecule has 6 heteroatoms. The number of benzene rings is 1. The summed E-state index contributed by atoms with van der Waals surface area (Å²) < 4.78 is 13.6. The van der Waals surface area contributed by atoms with E-state index in [0.717, 1.165) is 0 Å². The molecule has 78 valence electrons. The molecule has 0 spiro atoms. The molecular weight excluding hydrogens is 223 g/mol. The molecule has 0 radical (unpaired) electrons. The number of halogens is 2. The maximum absolute atomic E-state index is 13.6. The number of aromatic nitrogens is 2. The standard InChI is InChI=1S/C9H6ClFN2O2/c10-9-12-5-2-1-4(3-6(14)15)7(11)8(5)13-9/h1-2H,3H2,(H,12,13)(H,14,15). The summed E-state index contributed by atoms with van der Waals surface area (Å²) in [6.07, 6.45) is -0.369. The van der Waals surface area contributed by atoms with Gasteiger partial charge >= 0.3 is 5.97 Å². The fourth-order valence-electron chi connectivity index (χ4n) is 1.35. The van der Waals surface area contributed by atoms with Gasteiger partial charge in [-0.05, 0) is 17.7 Å². The molecule has 0 saturated heterocycles. The molecule has 2 aromatic rings. The van der Waals surface area contributed by atoms with Crippen LogP contribution in [0.5, 0.6) is 0 Å². The first kappa shape index (κ1) is 9.92. The molecule has 2 rings (SSSR count). The van der Waals surface area contributed by atoms with Crippen molar-refractivity contribution < 1.29 is 14.3 Å². The number of nitrogens with one attached hydrogen (secondary N) is 1. The van der Waals surface area contributed by atoms with E-state index in [9.17, 15) is 9.18 Å². The first-order chi connectivity index (χ1) is 7.08. The number of carboxylic acid groups (broad SMARTS) is 1. The van der Waals surface area contributed by atoms with Crippen LogP contribution in [0.4, 0.5) is 4.39 Å². The van der Waals surface area contributed by atoms with E-state index >= 15 is 0 Å². The lowest BCUT2D eigenvalue weighted by Crippen LogP contribution is -2.02. The molecule has 0 saturated carbocycles. The van der Waals surface area contributed by atoms with Crippen molar-refractivity contribution in [1.29, 1.82) is 0 Å². The van der Waals surface area contributed by atoms with Crippen molar-refractivity contribution in [3.8, 4) is 0 Å². The van der Waals surface area contributed by atoms with E-state index in [-0.39, 0.29) is 22.8 Å². The van der Waals surface area contributed by atoms with Crippen molar-refractivity contribution in [3.05, 3.63) is 28.8 Å². The lowest BCUT2D eigenvalue weighted by Gasteiger charge is -1.99. The Labute approximate surface area is 88.7 Å². The van der Waals surface area contributed by atoms with E-state index in [0.29, 0.717) is 5.52 Å². The van der Waals surface area contributed by atoms with Crippen LogP contribution in [-0.2, 0) is 11.2 Å². The zero-order valence-corrected chi connectivity index (χ0v) is 8.18. The molecule has 1 aromatic carbocycles. The van der Waals surface area contributed by atoms with Gasteiger partial charge in [-0.3, -0.25) is 4.79 Å². The number of nitrogens with zero attached hydrogens (tertiary/aromatic N) is 1. The van der Waals surface area contributed by atoms with Crippen molar-refractivity contribution in [1.82, 2.24) is 9.97 Å². The summed E-state index contributed by atoms with van der Waals surface area (Å²) >= 11 is 5.56. The molecule has 1 aromatic heterocycles. The molecule has 0 bridgehead atoms. The average Bonchev–Trinajstić information content (AvgIpc) is 2.51. The summed E-state index contributed by atoms with van der Waals surface area (Å²) in [5, 5.41) is 8.63. The van der Waals surface area contributed by atoms with Crippen molar-refractivity contribution in [2.75, 3.05) is 0 Å². The SMILES string of the molecule is O=C(O)Cc1ccc2[nH]c(Cl)nc2c1F. The molecule has 1 heterocycles. The van der Waals surface area contributed by atoms with E-state index < -0.39 is 11.8 Å². The molecule has 0 atom stereocenters. The monoisotopic (exact) mass is 228 g/mol. The van der Waals surface area contributed by atoms with Crippen LogP contribution in [0.15, 0.2) is 12.1 Å². The van der Waals surface area contributed by atoms with Crippen LogP contribution >= 0.6 is 11.6 Å². The quantitative estimate of drug-likeness (QED) is 0.826. The number of aliphatic carboxylic acids is 1.